The first-order chi connectivity index (χ1) is 16.7. The highest BCUT2D eigenvalue weighted by molar-refractivity contribution is 6.39. The summed E-state index contributed by atoms with van der Waals surface area (Å²) in [5.74, 6) is -0.902. The SMILES string of the molecule is CC1CC(/C=C/CC(NC(=O)c2c(Cl)cccc2Cl)C(=O)O)=CC=C1N(c1ncccn1)C(C)C. The van der Waals surface area contributed by atoms with E-state index in [0.29, 0.717) is 5.95 Å². The highest BCUT2D eigenvalue weighted by atomic mass is 35.5. The number of aromatic nitrogens is 2. The minimum absolute atomic E-state index is 0.0599. The van der Waals surface area contributed by atoms with Crippen LogP contribution in [0.5, 0.6) is 0 Å². The Morgan fingerprint density at radius 3 is 2.40 bits per heavy atom. The predicted molar refractivity (Wildman–Crippen MR) is 139 cm³/mol. The molecule has 1 aromatic heterocycles. The van der Waals surface area contributed by atoms with Crippen LogP contribution >= 0.6 is 23.2 Å². The second-order valence-corrected chi connectivity index (χ2v) is 9.36. The van der Waals surface area contributed by atoms with Crippen LogP contribution in [0.25, 0.3) is 0 Å². The molecule has 1 aliphatic carbocycles. The van der Waals surface area contributed by atoms with Gasteiger partial charge in [0.1, 0.15) is 6.04 Å². The number of anilines is 1. The fourth-order valence-corrected chi connectivity index (χ4v) is 4.48. The molecule has 1 heterocycles. The van der Waals surface area contributed by atoms with Gasteiger partial charge < -0.3 is 15.3 Å². The molecule has 0 fully saturated rings. The van der Waals surface area contributed by atoms with Gasteiger partial charge in [0.25, 0.3) is 5.91 Å². The van der Waals surface area contributed by atoms with E-state index in [-0.39, 0.29) is 34.0 Å². The molecule has 1 amide bonds. The number of carbonyl (C=O) groups is 2. The maximum absolute atomic E-state index is 12.6. The molecule has 184 valence electrons. The number of allylic oxidation sites excluding steroid dienone is 5. The van der Waals surface area contributed by atoms with Crippen LogP contribution in [0.1, 0.15) is 44.0 Å². The lowest BCUT2D eigenvalue weighted by Gasteiger charge is -2.34. The molecule has 0 saturated carbocycles. The first-order valence-electron chi connectivity index (χ1n) is 11.3. The molecule has 2 atom stereocenters. The summed E-state index contributed by atoms with van der Waals surface area (Å²) in [5, 5.41) is 12.4. The molecule has 0 spiro atoms. The van der Waals surface area contributed by atoms with E-state index in [1.165, 1.54) is 12.1 Å². The monoisotopic (exact) mass is 514 g/mol. The average molecular weight is 515 g/mol. The van der Waals surface area contributed by atoms with Crippen LogP contribution in [0.15, 0.2) is 72.2 Å². The zero-order valence-corrected chi connectivity index (χ0v) is 21.3. The Kier molecular flexibility index (Phi) is 9.07. The van der Waals surface area contributed by atoms with E-state index in [1.54, 1.807) is 30.6 Å². The number of rotatable bonds is 9. The number of hydrogen-bond acceptors (Lipinski definition) is 5. The van der Waals surface area contributed by atoms with Gasteiger partial charge in [0.2, 0.25) is 5.95 Å². The third kappa shape index (κ3) is 6.71. The van der Waals surface area contributed by atoms with Crippen molar-refractivity contribution in [2.45, 2.75) is 45.7 Å². The normalized spacial score (nSPS) is 16.6. The molecule has 2 unspecified atom stereocenters. The van der Waals surface area contributed by atoms with Crippen molar-refractivity contribution in [1.29, 1.82) is 0 Å². The van der Waals surface area contributed by atoms with Crippen LogP contribution in [-0.2, 0) is 4.79 Å². The van der Waals surface area contributed by atoms with Crippen LogP contribution in [0.2, 0.25) is 10.0 Å². The number of aliphatic carboxylic acids is 1. The smallest absolute Gasteiger partial charge is 0.326 e. The molecule has 2 N–H and O–H groups in total. The van der Waals surface area contributed by atoms with Crippen LogP contribution in [-0.4, -0.2) is 39.0 Å². The quantitative estimate of drug-likeness (QED) is 0.446. The third-order valence-corrected chi connectivity index (χ3v) is 6.20. The zero-order valence-electron chi connectivity index (χ0n) is 19.8. The molecule has 1 aliphatic rings. The van der Waals surface area contributed by atoms with Crippen molar-refractivity contribution < 1.29 is 14.7 Å². The van der Waals surface area contributed by atoms with Gasteiger partial charge in [0.05, 0.1) is 15.6 Å². The number of hydrogen-bond donors (Lipinski definition) is 2. The van der Waals surface area contributed by atoms with Gasteiger partial charge in [-0.25, -0.2) is 14.8 Å². The summed E-state index contributed by atoms with van der Waals surface area (Å²) in [6, 6.07) is 5.53. The number of halogens is 2. The van der Waals surface area contributed by atoms with Crippen molar-refractivity contribution in [3.63, 3.8) is 0 Å². The summed E-state index contributed by atoms with van der Waals surface area (Å²) in [4.78, 5) is 35.2. The summed E-state index contributed by atoms with van der Waals surface area (Å²) >= 11 is 12.1. The molecule has 35 heavy (non-hydrogen) atoms. The minimum Gasteiger partial charge on any atom is -0.480 e. The first-order valence-corrected chi connectivity index (χ1v) is 12.1. The highest BCUT2D eigenvalue weighted by Crippen LogP contribution is 2.31. The maximum atomic E-state index is 12.6. The molecule has 0 bridgehead atoms. The zero-order chi connectivity index (χ0) is 25.5. The lowest BCUT2D eigenvalue weighted by molar-refractivity contribution is -0.139. The summed E-state index contributed by atoms with van der Waals surface area (Å²) in [6.07, 6.45) is 12.1. The van der Waals surface area contributed by atoms with Gasteiger partial charge in [0, 0.05) is 30.1 Å². The largest absolute Gasteiger partial charge is 0.480 e. The van der Waals surface area contributed by atoms with Crippen molar-refractivity contribution in [2.24, 2.45) is 5.92 Å². The minimum atomic E-state index is -1.14. The Balaban J connectivity index is 1.71. The molecule has 1 aromatic carbocycles. The van der Waals surface area contributed by atoms with Crippen LogP contribution in [0, 0.1) is 5.92 Å². The Morgan fingerprint density at radius 2 is 1.83 bits per heavy atom. The summed E-state index contributed by atoms with van der Waals surface area (Å²) in [7, 11) is 0. The standard InChI is InChI=1S/C26H28Cl2N4O3/c1-16(2)32(26-29-13-6-14-30-26)22-12-11-18(15-17(22)3)7-4-10-21(25(34)35)31-24(33)23-19(27)8-5-9-20(23)28/h4-9,11-14,16-17,21H,10,15H2,1-3H3,(H,31,33)(H,34,35)/b7-4+. The second kappa shape index (κ2) is 12.0. The first kappa shape index (κ1) is 26.4. The van der Waals surface area contributed by atoms with Gasteiger partial charge in [-0.05, 0) is 56.5 Å². The van der Waals surface area contributed by atoms with E-state index in [0.717, 1.165) is 17.7 Å². The van der Waals surface area contributed by atoms with E-state index in [4.69, 9.17) is 23.2 Å². The fraction of sp³-hybridized carbons (Fsp3) is 0.308. The Hall–Kier alpha value is -3.16. The van der Waals surface area contributed by atoms with Gasteiger partial charge in [-0.3, -0.25) is 4.79 Å². The highest BCUT2D eigenvalue weighted by Gasteiger charge is 2.25. The number of benzene rings is 1. The maximum Gasteiger partial charge on any atom is 0.326 e. The Bertz CT molecular complexity index is 1140. The van der Waals surface area contributed by atoms with Crippen molar-refractivity contribution in [2.75, 3.05) is 4.90 Å². The lowest BCUT2D eigenvalue weighted by atomic mass is 9.91. The van der Waals surface area contributed by atoms with Crippen LogP contribution in [0.4, 0.5) is 5.95 Å². The number of carboxylic acid groups (broad SMARTS) is 1. The number of carboxylic acids is 1. The molecular formula is C26H28Cl2N4O3. The topological polar surface area (TPSA) is 95.4 Å². The molecule has 7 nitrogen and oxygen atoms in total. The molecule has 0 aliphatic heterocycles. The second-order valence-electron chi connectivity index (χ2n) is 8.55. The van der Waals surface area contributed by atoms with E-state index in [1.807, 2.05) is 12.2 Å². The van der Waals surface area contributed by atoms with Crippen molar-refractivity contribution in [3.05, 3.63) is 87.8 Å². The Labute approximate surface area is 215 Å². The third-order valence-electron chi connectivity index (χ3n) is 5.57. The molecule has 3 rings (SSSR count). The fourth-order valence-electron chi connectivity index (χ4n) is 3.91. The van der Waals surface area contributed by atoms with Crippen LogP contribution < -0.4 is 10.2 Å². The van der Waals surface area contributed by atoms with Crippen molar-refractivity contribution in [3.8, 4) is 0 Å². The number of nitrogens with one attached hydrogen (secondary N) is 1. The van der Waals surface area contributed by atoms with E-state index in [9.17, 15) is 14.7 Å². The molecule has 2 aromatic rings. The summed E-state index contributed by atoms with van der Waals surface area (Å²) in [6.45, 7) is 6.33. The average Bonchev–Trinajstić information content (AvgIpc) is 2.80. The number of amides is 1. The van der Waals surface area contributed by atoms with Crippen molar-refractivity contribution >= 4 is 41.0 Å². The molecular weight excluding hydrogens is 487 g/mol. The Morgan fingerprint density at radius 1 is 1.17 bits per heavy atom. The molecule has 9 heteroatoms. The van der Waals surface area contributed by atoms with Gasteiger partial charge in [-0.15, -0.1) is 0 Å². The van der Waals surface area contributed by atoms with Gasteiger partial charge in [-0.1, -0.05) is 54.4 Å². The van der Waals surface area contributed by atoms with Gasteiger partial charge >= 0.3 is 5.97 Å². The lowest BCUT2D eigenvalue weighted by Crippen LogP contribution is -2.40. The van der Waals surface area contributed by atoms with Crippen LogP contribution in [0.3, 0.4) is 0 Å². The molecule has 0 radical (unpaired) electrons. The molecule has 0 saturated heterocycles. The van der Waals surface area contributed by atoms with E-state index in [2.05, 4.69) is 47.0 Å². The number of carbonyl (C=O) groups excluding carboxylic acids is 1. The van der Waals surface area contributed by atoms with Gasteiger partial charge in [-0.2, -0.15) is 0 Å². The summed E-state index contributed by atoms with van der Waals surface area (Å²) in [5.41, 5.74) is 2.24. The van der Waals surface area contributed by atoms with E-state index < -0.39 is 17.9 Å². The van der Waals surface area contributed by atoms with Crippen molar-refractivity contribution in [1.82, 2.24) is 15.3 Å². The summed E-state index contributed by atoms with van der Waals surface area (Å²) < 4.78 is 0. The number of nitrogens with zero attached hydrogens (tertiary/aromatic N) is 3. The predicted octanol–water partition coefficient (Wildman–Crippen LogP) is 5.68. The van der Waals surface area contributed by atoms with E-state index >= 15 is 0 Å². The van der Waals surface area contributed by atoms with Gasteiger partial charge in [0.15, 0.2) is 0 Å².